The summed E-state index contributed by atoms with van der Waals surface area (Å²) in [5, 5.41) is 15.7. The van der Waals surface area contributed by atoms with Crippen LogP contribution in [0.1, 0.15) is 67.7 Å². The van der Waals surface area contributed by atoms with Gasteiger partial charge in [0.25, 0.3) is 0 Å². The number of Topliss-reactive ketones (excluding diaryl/α,β-unsaturated/α-hetero) is 1. The van der Waals surface area contributed by atoms with Crippen molar-refractivity contribution in [2.24, 2.45) is 5.92 Å². The number of carbonyl (C=O) groups excluding carboxylic acids is 2. The molecule has 0 saturated carbocycles. The topological polar surface area (TPSA) is 91.0 Å². The Hall–Kier alpha value is 3.81. The Kier molecular flexibility index (Phi) is 64.3. The second kappa shape index (κ2) is 39.3. The van der Waals surface area contributed by atoms with Crippen molar-refractivity contribution in [1.29, 1.82) is 10.5 Å². The molecule has 191 valence electrons. The molecule has 1 unspecified atom stereocenters. The van der Waals surface area contributed by atoms with Crippen molar-refractivity contribution in [3.05, 3.63) is 4.43 Å². The molecule has 13 heteroatoms. The molecule has 32 heavy (non-hydrogen) atoms. The average molecular weight is 1280 g/mol. The molecule has 0 amide bonds. The van der Waals surface area contributed by atoms with Gasteiger partial charge in [0, 0.05) is 31.9 Å². The van der Waals surface area contributed by atoms with Gasteiger partial charge in [-0.05, 0) is 27.2 Å². The number of carbonyl (C=O) groups is 2. The molecule has 0 aromatic carbocycles. The first-order valence-electron chi connectivity index (χ1n) is 8.71. The van der Waals surface area contributed by atoms with Gasteiger partial charge in [-0.2, -0.15) is 16.9 Å². The molecule has 0 aliphatic heterocycles. The number of nitriles is 2. The van der Waals surface area contributed by atoms with Crippen molar-refractivity contribution in [2.45, 2.75) is 66.6 Å². The van der Waals surface area contributed by atoms with Crippen LogP contribution in [-0.2, 0) is 32.9 Å². The summed E-state index contributed by atoms with van der Waals surface area (Å²) in [5.74, 6) is -0.743. The Bertz CT molecular complexity index is 479. The van der Waals surface area contributed by atoms with Gasteiger partial charge in [-0.3, -0.25) is 14.0 Å². The summed E-state index contributed by atoms with van der Waals surface area (Å²) >= 11 is 16.5. The molecule has 0 fully saturated rings. The van der Waals surface area contributed by atoms with Crippen LogP contribution in [0.15, 0.2) is 0 Å². The van der Waals surface area contributed by atoms with Crippen LogP contribution in [0.4, 0.5) is 0 Å². The molecule has 0 aliphatic rings. The van der Waals surface area contributed by atoms with Crippen LogP contribution in [0.2, 0.25) is 0 Å². The minimum atomic E-state index is -0.431. The minimum Gasteiger partial charge on any atom is -0.469 e. The number of hydrogen-bond acceptors (Lipinski definition) is 5. The fourth-order valence-electron chi connectivity index (χ4n) is 0.0909. The zero-order valence-corrected chi connectivity index (χ0v) is 36.0. The van der Waals surface area contributed by atoms with E-state index in [4.69, 9.17) is 10.5 Å². The molecule has 0 bridgehead atoms. The van der Waals surface area contributed by atoms with Gasteiger partial charge in [-0.25, -0.2) is 0 Å². The second-order valence-electron chi connectivity index (χ2n) is 4.98. The van der Waals surface area contributed by atoms with Crippen LogP contribution in [0.25, 0.3) is 0 Å². The van der Waals surface area contributed by atoms with Gasteiger partial charge in [-0.1, -0.05) is 156 Å². The van der Waals surface area contributed by atoms with E-state index in [-0.39, 0.29) is 30.3 Å². The Labute approximate surface area is 303 Å². The van der Waals surface area contributed by atoms with Crippen molar-refractivity contribution < 1.29 is 32.9 Å². The summed E-state index contributed by atoms with van der Waals surface area (Å²) < 4.78 is 7.07. The van der Waals surface area contributed by atoms with Gasteiger partial charge in [0.1, 0.15) is 10.6 Å². The molecule has 0 aliphatic carbocycles. The maximum absolute atomic E-state index is 10.2. The molecular weight excluding hydrogens is 1240 g/mol. The fraction of sp³-hybridized carbons (Fsp3) is 0.737. The first-order valence-corrected chi connectivity index (χ1v) is 16.4. The van der Waals surface area contributed by atoms with Crippen molar-refractivity contribution in [2.75, 3.05) is 7.11 Å². The van der Waals surface area contributed by atoms with Gasteiger partial charge < -0.3 is 27.3 Å². The van der Waals surface area contributed by atoms with E-state index in [9.17, 15) is 9.59 Å². The Morgan fingerprint density at radius 1 is 1.03 bits per heavy atom. The largest absolute Gasteiger partial charge is 0.469 e. The van der Waals surface area contributed by atoms with E-state index in [0.717, 1.165) is 0 Å². The smallest absolute Gasteiger partial charge is 0.302 e. The van der Waals surface area contributed by atoms with E-state index < -0.39 is 5.92 Å². The summed E-state index contributed by atoms with van der Waals surface area (Å²) in [6.45, 7) is 12.6. The van der Waals surface area contributed by atoms with E-state index in [1.54, 1.807) is 6.92 Å². The van der Waals surface area contributed by atoms with Crippen LogP contribution >= 0.6 is 158 Å². The number of esters is 1. The number of rotatable bonds is 3. The monoisotopic (exact) mass is 1280 g/mol. The predicted octanol–water partition coefficient (Wildman–Crippen LogP) is 10.1. The van der Waals surface area contributed by atoms with Crippen LogP contribution in [0, 0.1) is 33.0 Å². The van der Waals surface area contributed by atoms with Crippen molar-refractivity contribution >= 4 is 170 Å². The van der Waals surface area contributed by atoms with Crippen molar-refractivity contribution in [3.8, 4) is 12.1 Å². The van der Waals surface area contributed by atoms with Crippen molar-refractivity contribution in [3.63, 3.8) is 0 Å². The third kappa shape index (κ3) is 129. The third-order valence-corrected chi connectivity index (χ3v) is 4.97. The SMILES string of the molecule is CC(=O)C(C)C#N.CC(I)(I)I.CCC#N.CCC(I)(I)I.CC[CH-]I.COC(C)=O.[V]. The maximum atomic E-state index is 10.2. The molecule has 1 radical (unpaired) electrons. The normalized spacial score (nSPS) is 9.41. The van der Waals surface area contributed by atoms with E-state index >= 15 is 0 Å². The number of alkyl halides is 6. The van der Waals surface area contributed by atoms with Gasteiger partial charge in [0.05, 0.1) is 19.2 Å². The number of ether oxygens (including phenoxy) is 1. The van der Waals surface area contributed by atoms with Crippen LogP contribution in [-0.4, -0.2) is 17.7 Å². The zero-order chi connectivity index (χ0) is 26.7. The Balaban J connectivity index is -0.0000000471. The fourth-order valence-corrected chi connectivity index (χ4v) is 0.0909. The quantitative estimate of drug-likeness (QED) is 0.122. The molecule has 1 atom stereocenters. The van der Waals surface area contributed by atoms with E-state index in [0.29, 0.717) is 5.29 Å². The number of ketones is 1. The van der Waals surface area contributed by atoms with Gasteiger partial charge in [0.15, 0.2) is 0 Å². The van der Waals surface area contributed by atoms with Gasteiger partial charge in [-0.15, -0.1) is 0 Å². The number of halogens is 7. The van der Waals surface area contributed by atoms with Crippen molar-refractivity contribution in [1.82, 2.24) is 0 Å². The molecule has 0 saturated heterocycles. The first-order chi connectivity index (χ1) is 13.8. The molecule has 0 rings (SSSR count). The summed E-state index contributed by atoms with van der Waals surface area (Å²) in [6, 6.07) is 3.75. The number of nitrogens with zero attached hydrogens (tertiary/aromatic N) is 2. The Morgan fingerprint density at radius 3 is 1.25 bits per heavy atom. The zero-order valence-electron chi connectivity index (χ0n) is 19.5. The first kappa shape index (κ1) is 52.3. The summed E-state index contributed by atoms with van der Waals surface area (Å²) in [6.07, 6.45) is 3.04. The van der Waals surface area contributed by atoms with E-state index in [1.165, 1.54) is 33.8 Å². The molecule has 5 nitrogen and oxygen atoms in total. The maximum Gasteiger partial charge on any atom is 0.302 e. The second-order valence-corrected chi connectivity index (χ2v) is 30.2. The standard InChI is InChI=1S/C5H7NO.C3H5I3.C3H6I.C3H5N.C3H6O2.C2H3I3.V/c1-4(3-6)5(2)7;1-2-3(4,5)6;2*1-2-3-4;1-3(4)5-2;1-2(3,4)5;/h4H,1-2H3;2H2,1H3;3H,2H2,1H3;2H2,1H3;1-2H3;1H3;/q;;-1;;;;. The molecule has 0 aromatic heterocycles. The van der Waals surface area contributed by atoms with Crippen LogP contribution < -0.4 is 0 Å². The molecule has 0 N–H and O–H groups in total. The predicted molar refractivity (Wildman–Crippen MR) is 193 cm³/mol. The van der Waals surface area contributed by atoms with E-state index in [2.05, 4.69) is 188 Å². The van der Waals surface area contributed by atoms with E-state index in [1.807, 2.05) is 19.1 Å². The van der Waals surface area contributed by atoms with Gasteiger partial charge in [0.2, 0.25) is 0 Å². The molecule has 0 aromatic rings. The molecule has 0 spiro atoms. The number of methoxy groups -OCH3 is 1. The average Bonchev–Trinajstić information content (AvgIpc) is 2.66. The van der Waals surface area contributed by atoms with Gasteiger partial charge >= 0.3 is 5.97 Å². The van der Waals surface area contributed by atoms with Crippen LogP contribution in [0.3, 0.4) is 0 Å². The summed E-state index contributed by atoms with van der Waals surface area (Å²) in [5.41, 5.74) is 0. The molecular formula is C19H32I7N2O3V-. The summed E-state index contributed by atoms with van der Waals surface area (Å²) in [7, 11) is 1.35. The summed E-state index contributed by atoms with van der Waals surface area (Å²) in [4.78, 5) is 19.7. The third-order valence-electron chi connectivity index (χ3n) is 1.80. The molecule has 0 heterocycles. The minimum absolute atomic E-state index is 0. The number of hydrogen-bond donors (Lipinski definition) is 0. The Morgan fingerprint density at radius 2 is 1.25 bits per heavy atom. The van der Waals surface area contributed by atoms with Crippen LogP contribution in [0.5, 0.6) is 0 Å².